The van der Waals surface area contributed by atoms with Crippen LogP contribution < -0.4 is 10.6 Å². The average Bonchev–Trinajstić information content (AvgIpc) is 2.43. The maximum atomic E-state index is 5.27. The highest BCUT2D eigenvalue weighted by Crippen LogP contribution is 2.10. The lowest BCUT2D eigenvalue weighted by Gasteiger charge is -2.18. The molecule has 0 heterocycles. The Hall–Kier alpha value is -1.55. The van der Waals surface area contributed by atoms with Crippen molar-refractivity contribution in [3.63, 3.8) is 0 Å². The smallest absolute Gasteiger partial charge is 0.191 e. The van der Waals surface area contributed by atoms with Gasteiger partial charge in [0.1, 0.15) is 0 Å². The second-order valence-electron chi connectivity index (χ2n) is 3.97. The second kappa shape index (κ2) is 8.53. The van der Waals surface area contributed by atoms with Crippen LogP contribution in [0, 0.1) is 0 Å². The molecule has 0 saturated heterocycles. The Morgan fingerprint density at radius 1 is 1.33 bits per heavy atom. The average molecular weight is 249 g/mol. The van der Waals surface area contributed by atoms with E-state index in [0.717, 1.165) is 19.1 Å². The van der Waals surface area contributed by atoms with Gasteiger partial charge in [0, 0.05) is 20.2 Å². The van der Waals surface area contributed by atoms with Gasteiger partial charge in [-0.15, -0.1) is 0 Å². The first-order valence-corrected chi connectivity index (χ1v) is 6.37. The van der Waals surface area contributed by atoms with Gasteiger partial charge < -0.3 is 15.4 Å². The fourth-order valence-electron chi connectivity index (χ4n) is 1.61. The van der Waals surface area contributed by atoms with Crippen LogP contribution in [-0.2, 0) is 4.74 Å². The van der Waals surface area contributed by atoms with Crippen LogP contribution in [0.4, 0.5) is 0 Å². The fourth-order valence-corrected chi connectivity index (χ4v) is 1.61. The van der Waals surface area contributed by atoms with Crippen LogP contribution in [0.5, 0.6) is 0 Å². The Balaban J connectivity index is 2.39. The lowest BCUT2D eigenvalue weighted by atomic mass is 10.1. The molecule has 1 atom stereocenters. The fraction of sp³-hybridized carbons (Fsp3) is 0.500. The van der Waals surface area contributed by atoms with Crippen LogP contribution >= 0.6 is 0 Å². The Bertz CT molecular complexity index is 351. The predicted molar refractivity (Wildman–Crippen MR) is 75.8 cm³/mol. The summed E-state index contributed by atoms with van der Waals surface area (Å²) < 4.78 is 5.27. The van der Waals surface area contributed by atoms with Gasteiger partial charge >= 0.3 is 0 Å². The maximum absolute atomic E-state index is 5.27. The number of hydrogen-bond donors (Lipinski definition) is 2. The number of hydrogen-bond acceptors (Lipinski definition) is 2. The van der Waals surface area contributed by atoms with Crippen molar-refractivity contribution in [2.45, 2.75) is 19.9 Å². The van der Waals surface area contributed by atoms with Gasteiger partial charge in [-0.2, -0.15) is 0 Å². The van der Waals surface area contributed by atoms with Crippen molar-refractivity contribution in [2.75, 3.05) is 26.8 Å². The van der Waals surface area contributed by atoms with Crippen molar-refractivity contribution in [1.82, 2.24) is 10.6 Å². The molecule has 4 nitrogen and oxygen atoms in total. The van der Waals surface area contributed by atoms with E-state index in [1.807, 2.05) is 25.1 Å². The summed E-state index contributed by atoms with van der Waals surface area (Å²) in [4.78, 5) is 4.19. The molecule has 0 bridgehead atoms. The third kappa shape index (κ3) is 5.19. The molecule has 100 valence electrons. The Morgan fingerprint density at radius 3 is 2.67 bits per heavy atom. The number of ether oxygens (including phenoxy) is 1. The van der Waals surface area contributed by atoms with Crippen LogP contribution in [0.15, 0.2) is 35.3 Å². The van der Waals surface area contributed by atoms with Crippen molar-refractivity contribution in [2.24, 2.45) is 4.99 Å². The SMILES string of the molecule is CCOCCNC(=NC)NC(C)c1ccccc1. The van der Waals surface area contributed by atoms with Gasteiger partial charge in [-0.1, -0.05) is 30.3 Å². The van der Waals surface area contributed by atoms with Gasteiger partial charge in [0.15, 0.2) is 5.96 Å². The zero-order valence-electron chi connectivity index (χ0n) is 11.4. The quantitative estimate of drug-likeness (QED) is 0.460. The number of benzene rings is 1. The minimum atomic E-state index is 0.226. The van der Waals surface area contributed by atoms with Gasteiger partial charge in [-0.3, -0.25) is 4.99 Å². The van der Waals surface area contributed by atoms with Gasteiger partial charge in [0.05, 0.1) is 12.6 Å². The van der Waals surface area contributed by atoms with E-state index in [0.29, 0.717) is 6.61 Å². The number of nitrogens with zero attached hydrogens (tertiary/aromatic N) is 1. The predicted octanol–water partition coefficient (Wildman–Crippen LogP) is 1.95. The molecule has 0 aliphatic carbocycles. The lowest BCUT2D eigenvalue weighted by Crippen LogP contribution is -2.40. The molecule has 1 unspecified atom stereocenters. The number of guanidine groups is 1. The van der Waals surface area contributed by atoms with Crippen molar-refractivity contribution >= 4 is 5.96 Å². The first-order chi connectivity index (χ1) is 8.77. The third-order valence-corrected chi connectivity index (χ3v) is 2.62. The Kier molecular flexibility index (Phi) is 6.87. The summed E-state index contributed by atoms with van der Waals surface area (Å²) in [5, 5.41) is 6.56. The van der Waals surface area contributed by atoms with Crippen molar-refractivity contribution < 1.29 is 4.74 Å². The van der Waals surface area contributed by atoms with Crippen LogP contribution in [0.1, 0.15) is 25.5 Å². The summed E-state index contributed by atoms with van der Waals surface area (Å²) in [5.74, 6) is 0.797. The van der Waals surface area contributed by atoms with E-state index in [9.17, 15) is 0 Å². The summed E-state index contributed by atoms with van der Waals surface area (Å²) in [7, 11) is 1.77. The van der Waals surface area contributed by atoms with E-state index in [4.69, 9.17) is 4.74 Å². The van der Waals surface area contributed by atoms with Crippen molar-refractivity contribution in [3.05, 3.63) is 35.9 Å². The highest BCUT2D eigenvalue weighted by Gasteiger charge is 2.06. The van der Waals surface area contributed by atoms with Crippen LogP contribution in [-0.4, -0.2) is 32.8 Å². The summed E-state index contributed by atoms with van der Waals surface area (Å²) in [6.07, 6.45) is 0. The topological polar surface area (TPSA) is 45.6 Å². The van der Waals surface area contributed by atoms with Gasteiger partial charge in [-0.25, -0.2) is 0 Å². The van der Waals surface area contributed by atoms with Crippen molar-refractivity contribution in [3.8, 4) is 0 Å². The normalized spacial score (nSPS) is 13.2. The summed E-state index contributed by atoms with van der Waals surface area (Å²) in [6, 6.07) is 10.5. The number of nitrogens with one attached hydrogen (secondary N) is 2. The zero-order valence-corrected chi connectivity index (χ0v) is 11.4. The number of aliphatic imine (C=N–C) groups is 1. The molecule has 1 aromatic rings. The lowest BCUT2D eigenvalue weighted by molar-refractivity contribution is 0.152. The minimum Gasteiger partial charge on any atom is -0.380 e. The molecule has 0 amide bonds. The third-order valence-electron chi connectivity index (χ3n) is 2.62. The highest BCUT2D eigenvalue weighted by molar-refractivity contribution is 5.80. The Labute approximate surface area is 109 Å². The van der Waals surface area contributed by atoms with E-state index in [2.05, 4.69) is 34.7 Å². The van der Waals surface area contributed by atoms with E-state index in [1.165, 1.54) is 5.56 Å². The van der Waals surface area contributed by atoms with E-state index < -0.39 is 0 Å². The highest BCUT2D eigenvalue weighted by atomic mass is 16.5. The summed E-state index contributed by atoms with van der Waals surface area (Å²) in [6.45, 7) is 6.30. The summed E-state index contributed by atoms with van der Waals surface area (Å²) in [5.41, 5.74) is 1.24. The molecule has 0 radical (unpaired) electrons. The zero-order chi connectivity index (χ0) is 13.2. The molecule has 0 fully saturated rings. The first-order valence-electron chi connectivity index (χ1n) is 6.37. The van der Waals surface area contributed by atoms with Gasteiger partial charge in [-0.05, 0) is 19.4 Å². The van der Waals surface area contributed by atoms with Gasteiger partial charge in [0.25, 0.3) is 0 Å². The van der Waals surface area contributed by atoms with Crippen LogP contribution in [0.2, 0.25) is 0 Å². The van der Waals surface area contributed by atoms with Crippen molar-refractivity contribution in [1.29, 1.82) is 0 Å². The molecule has 4 heteroatoms. The van der Waals surface area contributed by atoms with Gasteiger partial charge in [0.2, 0.25) is 0 Å². The molecule has 0 aliphatic heterocycles. The first kappa shape index (κ1) is 14.5. The van der Waals surface area contributed by atoms with E-state index in [-0.39, 0.29) is 6.04 Å². The molecule has 0 spiro atoms. The van der Waals surface area contributed by atoms with Crippen LogP contribution in [0.3, 0.4) is 0 Å². The molecule has 0 saturated carbocycles. The molecule has 0 aromatic heterocycles. The molecular weight excluding hydrogens is 226 g/mol. The molecule has 18 heavy (non-hydrogen) atoms. The number of rotatable bonds is 6. The molecule has 0 aliphatic rings. The standard InChI is InChI=1S/C14H23N3O/c1-4-18-11-10-16-14(15-3)17-12(2)13-8-6-5-7-9-13/h5-9,12H,4,10-11H2,1-3H3,(H2,15,16,17). The largest absolute Gasteiger partial charge is 0.380 e. The molecular formula is C14H23N3O. The van der Waals surface area contributed by atoms with E-state index >= 15 is 0 Å². The molecule has 1 aromatic carbocycles. The monoisotopic (exact) mass is 249 g/mol. The maximum Gasteiger partial charge on any atom is 0.191 e. The van der Waals surface area contributed by atoms with Crippen LogP contribution in [0.25, 0.3) is 0 Å². The Morgan fingerprint density at radius 2 is 2.06 bits per heavy atom. The molecule has 1 rings (SSSR count). The van der Waals surface area contributed by atoms with E-state index in [1.54, 1.807) is 7.05 Å². The second-order valence-corrected chi connectivity index (χ2v) is 3.97. The molecule has 2 N–H and O–H groups in total. The summed E-state index contributed by atoms with van der Waals surface area (Å²) >= 11 is 0. The minimum absolute atomic E-state index is 0.226.